The Morgan fingerprint density at radius 1 is 1.24 bits per heavy atom. The smallest absolute Gasteiger partial charge is 0.146 e. The molecule has 0 spiro atoms. The fourth-order valence-corrected chi connectivity index (χ4v) is 1.71. The molecule has 17 heavy (non-hydrogen) atoms. The second-order valence-electron chi connectivity index (χ2n) is 4.24. The van der Waals surface area contributed by atoms with E-state index in [2.05, 4.69) is 46.7 Å². The Morgan fingerprint density at radius 2 is 1.94 bits per heavy atom. The van der Waals surface area contributed by atoms with E-state index in [-0.39, 0.29) is 0 Å². The van der Waals surface area contributed by atoms with Crippen LogP contribution in [0.2, 0.25) is 0 Å². The van der Waals surface area contributed by atoms with Gasteiger partial charge in [0.1, 0.15) is 11.6 Å². The minimum absolute atomic E-state index is 0.313. The number of aromatic nitrogens is 3. The van der Waals surface area contributed by atoms with Crippen LogP contribution in [0.4, 0.5) is 0 Å². The van der Waals surface area contributed by atoms with E-state index in [1.165, 1.54) is 5.56 Å². The third kappa shape index (κ3) is 2.71. The molecule has 1 unspecified atom stereocenters. The number of rotatable bonds is 4. The van der Waals surface area contributed by atoms with Gasteiger partial charge >= 0.3 is 0 Å². The molecule has 0 saturated carbocycles. The summed E-state index contributed by atoms with van der Waals surface area (Å²) in [6.07, 6.45) is 0. The van der Waals surface area contributed by atoms with E-state index in [1.54, 1.807) is 0 Å². The molecule has 1 aromatic carbocycles. The molecule has 0 bridgehead atoms. The number of nitrogens with one attached hydrogen (secondary N) is 1. The van der Waals surface area contributed by atoms with Crippen LogP contribution in [0.15, 0.2) is 30.3 Å². The first-order valence-electron chi connectivity index (χ1n) is 5.81. The lowest BCUT2D eigenvalue weighted by molar-refractivity contribution is 0.547. The summed E-state index contributed by atoms with van der Waals surface area (Å²) in [5.41, 5.74) is 1.28. The number of benzene rings is 1. The Labute approximate surface area is 102 Å². The van der Waals surface area contributed by atoms with Crippen molar-refractivity contribution in [1.82, 2.24) is 20.1 Å². The van der Waals surface area contributed by atoms with Crippen LogP contribution in [0, 0.1) is 6.92 Å². The van der Waals surface area contributed by atoms with Crippen molar-refractivity contribution in [3.8, 4) is 0 Å². The van der Waals surface area contributed by atoms with Crippen LogP contribution in [0.5, 0.6) is 0 Å². The number of nitrogens with zero attached hydrogens (tertiary/aromatic N) is 3. The van der Waals surface area contributed by atoms with Gasteiger partial charge in [0.15, 0.2) is 0 Å². The molecule has 2 aromatic rings. The highest BCUT2D eigenvalue weighted by atomic mass is 15.3. The van der Waals surface area contributed by atoms with Crippen LogP contribution in [0.25, 0.3) is 0 Å². The van der Waals surface area contributed by atoms with Gasteiger partial charge in [0, 0.05) is 13.1 Å². The molecule has 4 heteroatoms. The molecule has 1 N–H and O–H groups in total. The van der Waals surface area contributed by atoms with E-state index in [4.69, 9.17) is 0 Å². The zero-order valence-corrected chi connectivity index (χ0v) is 10.5. The minimum Gasteiger partial charge on any atom is -0.317 e. The van der Waals surface area contributed by atoms with Crippen molar-refractivity contribution in [2.45, 2.75) is 26.4 Å². The summed E-state index contributed by atoms with van der Waals surface area (Å²) in [4.78, 5) is 0. The molecule has 0 amide bonds. The fraction of sp³-hybridized carbons (Fsp3) is 0.385. The number of hydrogen-bond acceptors (Lipinski definition) is 3. The molecule has 0 fully saturated rings. The largest absolute Gasteiger partial charge is 0.317 e. The topological polar surface area (TPSA) is 42.7 Å². The average molecular weight is 230 g/mol. The van der Waals surface area contributed by atoms with Crippen molar-refractivity contribution in [2.75, 3.05) is 0 Å². The maximum Gasteiger partial charge on any atom is 0.146 e. The highest BCUT2D eigenvalue weighted by Crippen LogP contribution is 2.11. The molecule has 0 saturated heterocycles. The third-order valence-corrected chi connectivity index (χ3v) is 3.05. The summed E-state index contributed by atoms with van der Waals surface area (Å²) in [7, 11) is 1.99. The van der Waals surface area contributed by atoms with Crippen LogP contribution in [0.1, 0.15) is 30.2 Å². The molecule has 0 aliphatic carbocycles. The average Bonchev–Trinajstić information content (AvgIpc) is 2.68. The Balaban J connectivity index is 1.97. The summed E-state index contributed by atoms with van der Waals surface area (Å²) in [5.74, 6) is 1.90. The van der Waals surface area contributed by atoms with Gasteiger partial charge in [-0.25, -0.2) is 0 Å². The molecule has 1 heterocycles. The van der Waals surface area contributed by atoms with E-state index in [1.807, 2.05) is 24.6 Å². The Bertz CT molecular complexity index is 475. The molecule has 2 rings (SSSR count). The Morgan fingerprint density at radius 3 is 2.53 bits per heavy atom. The van der Waals surface area contributed by atoms with Gasteiger partial charge in [-0.1, -0.05) is 30.3 Å². The first-order chi connectivity index (χ1) is 8.18. The summed E-state index contributed by atoms with van der Waals surface area (Å²) < 4.78 is 2.00. The first kappa shape index (κ1) is 11.8. The molecule has 0 radical (unpaired) electrons. The zero-order chi connectivity index (χ0) is 12.3. The normalized spacial score (nSPS) is 12.6. The molecule has 4 nitrogen and oxygen atoms in total. The maximum atomic E-state index is 4.13. The second kappa shape index (κ2) is 5.10. The summed E-state index contributed by atoms with van der Waals surface area (Å²) >= 11 is 0. The Kier molecular flexibility index (Phi) is 3.54. The van der Waals surface area contributed by atoms with Crippen molar-refractivity contribution in [2.24, 2.45) is 7.05 Å². The monoisotopic (exact) mass is 230 g/mol. The van der Waals surface area contributed by atoms with Crippen LogP contribution in [-0.2, 0) is 13.6 Å². The van der Waals surface area contributed by atoms with Gasteiger partial charge in [-0.05, 0) is 19.4 Å². The van der Waals surface area contributed by atoms with Gasteiger partial charge in [0.25, 0.3) is 0 Å². The highest BCUT2D eigenvalue weighted by molar-refractivity contribution is 5.18. The minimum atomic E-state index is 0.313. The van der Waals surface area contributed by atoms with Gasteiger partial charge in [0.2, 0.25) is 0 Å². The van der Waals surface area contributed by atoms with Crippen LogP contribution < -0.4 is 5.32 Å². The molecule has 0 aliphatic heterocycles. The SMILES string of the molecule is Cc1nnc(CNC(C)c2ccccc2)n1C. The van der Waals surface area contributed by atoms with Crippen molar-refractivity contribution >= 4 is 0 Å². The van der Waals surface area contributed by atoms with Crippen molar-refractivity contribution in [1.29, 1.82) is 0 Å². The van der Waals surface area contributed by atoms with Crippen LogP contribution >= 0.6 is 0 Å². The lowest BCUT2D eigenvalue weighted by Gasteiger charge is -2.13. The summed E-state index contributed by atoms with van der Waals surface area (Å²) in [5, 5.41) is 11.6. The molecular weight excluding hydrogens is 212 g/mol. The van der Waals surface area contributed by atoms with Crippen LogP contribution in [-0.4, -0.2) is 14.8 Å². The van der Waals surface area contributed by atoms with E-state index < -0.39 is 0 Å². The van der Waals surface area contributed by atoms with Crippen molar-refractivity contribution in [3.63, 3.8) is 0 Å². The number of aryl methyl sites for hydroxylation is 1. The third-order valence-electron chi connectivity index (χ3n) is 3.05. The molecule has 0 aliphatic rings. The fourth-order valence-electron chi connectivity index (χ4n) is 1.71. The van der Waals surface area contributed by atoms with Gasteiger partial charge in [0.05, 0.1) is 6.54 Å². The lowest BCUT2D eigenvalue weighted by atomic mass is 10.1. The Hall–Kier alpha value is -1.68. The van der Waals surface area contributed by atoms with Gasteiger partial charge in [-0.15, -0.1) is 10.2 Å². The quantitative estimate of drug-likeness (QED) is 0.873. The molecular formula is C13H18N4. The first-order valence-corrected chi connectivity index (χ1v) is 5.81. The van der Waals surface area contributed by atoms with E-state index in [0.717, 1.165) is 18.2 Å². The predicted molar refractivity (Wildman–Crippen MR) is 67.4 cm³/mol. The van der Waals surface area contributed by atoms with Crippen LogP contribution in [0.3, 0.4) is 0 Å². The van der Waals surface area contributed by atoms with Gasteiger partial charge < -0.3 is 9.88 Å². The molecule has 90 valence electrons. The van der Waals surface area contributed by atoms with Crippen molar-refractivity contribution < 1.29 is 0 Å². The van der Waals surface area contributed by atoms with E-state index in [0.29, 0.717) is 6.04 Å². The second-order valence-corrected chi connectivity index (χ2v) is 4.24. The van der Waals surface area contributed by atoms with Gasteiger partial charge in [-0.2, -0.15) is 0 Å². The number of hydrogen-bond donors (Lipinski definition) is 1. The standard InChI is InChI=1S/C13H18N4/c1-10(12-7-5-4-6-8-12)14-9-13-16-15-11(2)17(13)3/h4-8,10,14H,9H2,1-3H3. The maximum absolute atomic E-state index is 4.13. The van der Waals surface area contributed by atoms with Gasteiger partial charge in [-0.3, -0.25) is 0 Å². The van der Waals surface area contributed by atoms with E-state index in [9.17, 15) is 0 Å². The molecule has 1 aromatic heterocycles. The van der Waals surface area contributed by atoms with E-state index >= 15 is 0 Å². The summed E-state index contributed by atoms with van der Waals surface area (Å²) in [6, 6.07) is 10.7. The summed E-state index contributed by atoms with van der Waals surface area (Å²) in [6.45, 7) is 4.84. The highest BCUT2D eigenvalue weighted by Gasteiger charge is 2.08. The zero-order valence-electron chi connectivity index (χ0n) is 10.5. The lowest BCUT2D eigenvalue weighted by Crippen LogP contribution is -2.20. The predicted octanol–water partition coefficient (Wildman–Crippen LogP) is 1.97. The molecule has 1 atom stereocenters. The van der Waals surface area contributed by atoms with Crippen molar-refractivity contribution in [3.05, 3.63) is 47.5 Å².